The van der Waals surface area contributed by atoms with Crippen LogP contribution in [0.1, 0.15) is 15.9 Å². The standard InChI is InChI=1S/C27H29N5O4S/c28-27(33)22-16-23(19-3-1-18(2-4-19)17-31-7-11-36-12-8-31)29-25-21-6-5-20(15-24(21)30-26(22)25)32-9-13-37(34,35)14-10-32/h1-6,15-16,30H,7-14,17H2,(H2,28,33). The maximum Gasteiger partial charge on any atom is 0.250 e. The van der Waals surface area contributed by atoms with Gasteiger partial charge in [0, 0.05) is 49.4 Å². The molecule has 0 aliphatic carbocycles. The van der Waals surface area contributed by atoms with Gasteiger partial charge in [0.25, 0.3) is 5.91 Å². The van der Waals surface area contributed by atoms with Gasteiger partial charge < -0.3 is 20.4 Å². The highest BCUT2D eigenvalue weighted by atomic mass is 32.2. The van der Waals surface area contributed by atoms with Crippen molar-refractivity contribution in [2.45, 2.75) is 6.54 Å². The molecule has 0 radical (unpaired) electrons. The van der Waals surface area contributed by atoms with Crippen molar-refractivity contribution in [1.29, 1.82) is 0 Å². The highest BCUT2D eigenvalue weighted by Crippen LogP contribution is 2.32. The van der Waals surface area contributed by atoms with E-state index >= 15 is 0 Å². The van der Waals surface area contributed by atoms with E-state index in [-0.39, 0.29) is 11.5 Å². The number of anilines is 1. The van der Waals surface area contributed by atoms with Crippen molar-refractivity contribution in [1.82, 2.24) is 14.9 Å². The van der Waals surface area contributed by atoms with Crippen molar-refractivity contribution in [3.63, 3.8) is 0 Å². The summed E-state index contributed by atoms with van der Waals surface area (Å²) in [5, 5.41) is 0.886. The Morgan fingerprint density at radius 2 is 1.73 bits per heavy atom. The highest BCUT2D eigenvalue weighted by Gasteiger charge is 2.23. The highest BCUT2D eigenvalue weighted by molar-refractivity contribution is 7.91. The number of ether oxygens (including phenoxy) is 1. The molecule has 2 aromatic carbocycles. The van der Waals surface area contributed by atoms with Gasteiger partial charge in [-0.3, -0.25) is 9.69 Å². The minimum absolute atomic E-state index is 0.152. The normalized spacial score (nSPS) is 18.4. The zero-order chi connectivity index (χ0) is 25.6. The summed E-state index contributed by atoms with van der Waals surface area (Å²) in [4.78, 5) is 25.1. The number of aromatic amines is 1. The predicted molar refractivity (Wildman–Crippen MR) is 145 cm³/mol. The maximum atomic E-state index is 12.4. The van der Waals surface area contributed by atoms with Crippen LogP contribution >= 0.6 is 0 Å². The molecule has 0 bridgehead atoms. The molecule has 1 amide bonds. The maximum absolute atomic E-state index is 12.4. The molecule has 6 rings (SSSR count). The zero-order valence-electron chi connectivity index (χ0n) is 20.4. The molecule has 3 N–H and O–H groups in total. The third kappa shape index (κ3) is 4.79. The van der Waals surface area contributed by atoms with Crippen LogP contribution in [0.2, 0.25) is 0 Å². The predicted octanol–water partition coefficient (Wildman–Crippen LogP) is 2.55. The fourth-order valence-corrected chi connectivity index (χ4v) is 6.35. The van der Waals surface area contributed by atoms with E-state index in [4.69, 9.17) is 15.5 Å². The molecule has 4 aromatic rings. The smallest absolute Gasteiger partial charge is 0.250 e. The molecule has 2 fully saturated rings. The summed E-state index contributed by atoms with van der Waals surface area (Å²) in [7, 11) is -2.96. The van der Waals surface area contributed by atoms with Crippen molar-refractivity contribution < 1.29 is 17.9 Å². The summed E-state index contributed by atoms with van der Waals surface area (Å²) in [5.74, 6) is -0.218. The zero-order valence-corrected chi connectivity index (χ0v) is 21.3. The molecule has 2 aliphatic rings. The number of nitrogens with one attached hydrogen (secondary N) is 1. The second-order valence-corrected chi connectivity index (χ2v) is 12.0. The first-order valence-corrected chi connectivity index (χ1v) is 14.3. The van der Waals surface area contributed by atoms with Crippen molar-refractivity contribution in [3.8, 4) is 11.3 Å². The number of benzene rings is 2. The van der Waals surface area contributed by atoms with Gasteiger partial charge in [-0.2, -0.15) is 0 Å². The van der Waals surface area contributed by atoms with Crippen LogP contribution in [0.3, 0.4) is 0 Å². The number of primary amides is 1. The number of nitrogens with zero attached hydrogens (tertiary/aromatic N) is 3. The monoisotopic (exact) mass is 519 g/mol. The minimum Gasteiger partial charge on any atom is -0.379 e. The lowest BCUT2D eigenvalue weighted by molar-refractivity contribution is 0.0342. The van der Waals surface area contributed by atoms with Gasteiger partial charge in [-0.15, -0.1) is 0 Å². The van der Waals surface area contributed by atoms with Crippen LogP contribution in [0.5, 0.6) is 0 Å². The molecule has 9 nitrogen and oxygen atoms in total. The Morgan fingerprint density at radius 1 is 1.00 bits per heavy atom. The van der Waals surface area contributed by atoms with Gasteiger partial charge in [0.05, 0.1) is 52.5 Å². The van der Waals surface area contributed by atoms with E-state index in [0.29, 0.717) is 35.4 Å². The Bertz CT molecular complexity index is 1580. The molecule has 0 unspecified atom stereocenters. The molecule has 2 saturated heterocycles. The summed E-state index contributed by atoms with van der Waals surface area (Å²) in [6.45, 7) is 5.20. The molecule has 4 heterocycles. The van der Waals surface area contributed by atoms with Crippen molar-refractivity contribution in [2.75, 3.05) is 55.8 Å². The molecule has 2 aromatic heterocycles. The Balaban J connectivity index is 1.34. The number of carbonyl (C=O) groups is 1. The van der Waals surface area contributed by atoms with Crippen LogP contribution in [-0.2, 0) is 21.1 Å². The molecular weight excluding hydrogens is 490 g/mol. The first-order valence-electron chi connectivity index (χ1n) is 12.5. The van der Waals surface area contributed by atoms with Crippen molar-refractivity contribution in [2.24, 2.45) is 5.73 Å². The number of rotatable bonds is 5. The number of H-pyrrole nitrogens is 1. The average molecular weight is 520 g/mol. The molecular formula is C27H29N5O4S. The quantitative estimate of drug-likeness (QED) is 0.416. The molecule has 2 aliphatic heterocycles. The van der Waals surface area contributed by atoms with Gasteiger partial charge in [-0.05, 0) is 29.8 Å². The van der Waals surface area contributed by atoms with Crippen LogP contribution in [0.4, 0.5) is 5.69 Å². The Labute approximate surface area is 215 Å². The lowest BCUT2D eigenvalue weighted by Crippen LogP contribution is -2.40. The Morgan fingerprint density at radius 3 is 2.43 bits per heavy atom. The third-order valence-electron chi connectivity index (χ3n) is 7.27. The number of amides is 1. The molecule has 192 valence electrons. The van der Waals surface area contributed by atoms with E-state index in [1.165, 1.54) is 5.56 Å². The molecule has 0 saturated carbocycles. The number of fused-ring (bicyclic) bond motifs is 3. The largest absolute Gasteiger partial charge is 0.379 e. The summed E-state index contributed by atoms with van der Waals surface area (Å²) in [5.41, 5.74) is 12.0. The van der Waals surface area contributed by atoms with E-state index in [2.05, 4.69) is 26.9 Å². The van der Waals surface area contributed by atoms with E-state index in [0.717, 1.165) is 55.0 Å². The lowest BCUT2D eigenvalue weighted by Gasteiger charge is -2.28. The number of aromatic nitrogens is 2. The van der Waals surface area contributed by atoms with Crippen LogP contribution in [0.25, 0.3) is 33.2 Å². The Hall–Kier alpha value is -3.47. The number of hydrogen-bond acceptors (Lipinski definition) is 7. The summed E-state index contributed by atoms with van der Waals surface area (Å²) < 4.78 is 29.1. The van der Waals surface area contributed by atoms with Gasteiger partial charge in [0.1, 0.15) is 0 Å². The van der Waals surface area contributed by atoms with Crippen molar-refractivity contribution >= 4 is 43.4 Å². The molecule has 37 heavy (non-hydrogen) atoms. The number of morpholine rings is 1. The minimum atomic E-state index is -2.96. The first kappa shape index (κ1) is 23.9. The molecule has 0 spiro atoms. The van der Waals surface area contributed by atoms with Crippen molar-refractivity contribution in [3.05, 3.63) is 59.7 Å². The third-order valence-corrected chi connectivity index (χ3v) is 8.88. The number of sulfone groups is 1. The number of hydrogen-bond donors (Lipinski definition) is 2. The second kappa shape index (κ2) is 9.44. The van der Waals surface area contributed by atoms with Gasteiger partial charge in [-0.1, -0.05) is 24.3 Å². The van der Waals surface area contributed by atoms with Crippen LogP contribution in [0, 0.1) is 0 Å². The SMILES string of the molecule is NC(=O)c1cc(-c2ccc(CN3CCOCC3)cc2)nc2c1[nH]c1cc(N3CCS(=O)(=O)CC3)ccc12. The van der Waals surface area contributed by atoms with E-state index in [9.17, 15) is 13.2 Å². The van der Waals surface area contributed by atoms with Gasteiger partial charge >= 0.3 is 0 Å². The van der Waals surface area contributed by atoms with Crippen LogP contribution < -0.4 is 10.6 Å². The number of nitrogens with two attached hydrogens (primary N) is 1. The summed E-state index contributed by atoms with van der Waals surface area (Å²) in [6, 6.07) is 15.9. The van der Waals surface area contributed by atoms with Gasteiger partial charge in [0.15, 0.2) is 9.84 Å². The first-order chi connectivity index (χ1) is 17.9. The second-order valence-electron chi connectivity index (χ2n) is 9.72. The van der Waals surface area contributed by atoms with Crippen LogP contribution in [-0.4, -0.2) is 80.1 Å². The number of pyridine rings is 1. The molecule has 10 heteroatoms. The Kier molecular flexibility index (Phi) is 6.10. The van der Waals surface area contributed by atoms with Gasteiger partial charge in [-0.25, -0.2) is 13.4 Å². The summed E-state index contributed by atoms with van der Waals surface area (Å²) in [6.07, 6.45) is 0. The number of carbonyl (C=O) groups excluding carboxylic acids is 1. The fourth-order valence-electron chi connectivity index (χ4n) is 5.15. The van der Waals surface area contributed by atoms with Crippen LogP contribution in [0.15, 0.2) is 48.5 Å². The van der Waals surface area contributed by atoms with E-state index in [1.54, 1.807) is 6.07 Å². The summed E-state index contributed by atoms with van der Waals surface area (Å²) >= 11 is 0. The average Bonchev–Trinajstić information content (AvgIpc) is 3.27. The molecule has 0 atom stereocenters. The van der Waals surface area contributed by atoms with E-state index in [1.807, 2.05) is 30.3 Å². The lowest BCUT2D eigenvalue weighted by atomic mass is 10.0. The fraction of sp³-hybridized carbons (Fsp3) is 0.333. The van der Waals surface area contributed by atoms with E-state index < -0.39 is 15.7 Å². The topological polar surface area (TPSA) is 122 Å². The van der Waals surface area contributed by atoms with Gasteiger partial charge in [0.2, 0.25) is 0 Å².